The van der Waals surface area contributed by atoms with Gasteiger partial charge in [0, 0.05) is 12.7 Å². The smallest absolute Gasteiger partial charge is 0.386 e. The summed E-state index contributed by atoms with van der Waals surface area (Å²) in [6.45, 7) is 2.19. The maximum Gasteiger partial charge on any atom is 0.391 e. The summed E-state index contributed by atoms with van der Waals surface area (Å²) in [5.41, 5.74) is 0.199. The van der Waals surface area contributed by atoms with Crippen LogP contribution in [0.3, 0.4) is 0 Å². The molecule has 0 aliphatic carbocycles. The van der Waals surface area contributed by atoms with Crippen molar-refractivity contribution in [2.75, 3.05) is 0 Å². The maximum atomic E-state index is 11.9. The van der Waals surface area contributed by atoms with E-state index in [-0.39, 0.29) is 5.69 Å². The minimum absolute atomic E-state index is 0.199. The van der Waals surface area contributed by atoms with E-state index >= 15 is 0 Å². The van der Waals surface area contributed by atoms with Gasteiger partial charge in [-0.05, 0) is 13.0 Å². The van der Waals surface area contributed by atoms with Gasteiger partial charge >= 0.3 is 6.18 Å². The van der Waals surface area contributed by atoms with Crippen molar-refractivity contribution in [2.45, 2.75) is 32.2 Å². The molecule has 1 N–H and O–H groups in total. The van der Waals surface area contributed by atoms with Gasteiger partial charge in [0.2, 0.25) is 0 Å². The molecule has 1 aromatic heterocycles. The topological polar surface area (TPSA) is 38.0 Å². The molecular weight excluding hydrogens is 197 g/mol. The van der Waals surface area contributed by atoms with Gasteiger partial charge in [-0.2, -0.15) is 18.3 Å². The number of aryl methyl sites for hydroxylation is 1. The Hall–Kier alpha value is -1.04. The summed E-state index contributed by atoms with van der Waals surface area (Å²) in [5.74, 6) is 0. The van der Waals surface area contributed by atoms with Crippen LogP contribution in [0, 0.1) is 0 Å². The first-order valence-electron chi connectivity index (χ1n) is 4.20. The SMILES string of the molecule is CCn1nccc1C(O)CC(F)(F)F. The lowest BCUT2D eigenvalue weighted by Gasteiger charge is -2.14. The quantitative estimate of drug-likeness (QED) is 0.823. The van der Waals surface area contributed by atoms with Gasteiger partial charge < -0.3 is 5.11 Å². The van der Waals surface area contributed by atoms with Crippen LogP contribution in [-0.4, -0.2) is 21.1 Å². The zero-order valence-electron chi connectivity index (χ0n) is 7.62. The first-order chi connectivity index (χ1) is 6.44. The Kier molecular flexibility index (Phi) is 3.15. The zero-order chi connectivity index (χ0) is 10.8. The van der Waals surface area contributed by atoms with Gasteiger partial charge in [-0.1, -0.05) is 0 Å². The van der Waals surface area contributed by atoms with Crippen molar-refractivity contribution >= 4 is 0 Å². The molecule has 0 aliphatic heterocycles. The molecule has 0 bridgehead atoms. The molecule has 1 rings (SSSR count). The van der Waals surface area contributed by atoms with E-state index < -0.39 is 18.7 Å². The molecule has 1 aromatic rings. The summed E-state index contributed by atoms with van der Waals surface area (Å²) >= 11 is 0. The molecule has 1 atom stereocenters. The third kappa shape index (κ3) is 2.73. The lowest BCUT2D eigenvalue weighted by atomic mass is 10.2. The average Bonchev–Trinajstić information content (AvgIpc) is 2.47. The fraction of sp³-hybridized carbons (Fsp3) is 0.625. The van der Waals surface area contributed by atoms with Crippen LogP contribution in [0.5, 0.6) is 0 Å². The first kappa shape index (κ1) is 11.0. The predicted molar refractivity (Wildman–Crippen MR) is 43.5 cm³/mol. The van der Waals surface area contributed by atoms with Gasteiger partial charge in [-0.15, -0.1) is 0 Å². The first-order valence-corrected chi connectivity index (χ1v) is 4.20. The Labute approximate surface area is 79.2 Å². The van der Waals surface area contributed by atoms with Crippen molar-refractivity contribution in [2.24, 2.45) is 0 Å². The van der Waals surface area contributed by atoms with Crippen molar-refractivity contribution < 1.29 is 18.3 Å². The van der Waals surface area contributed by atoms with E-state index in [1.165, 1.54) is 16.9 Å². The average molecular weight is 208 g/mol. The highest BCUT2D eigenvalue weighted by atomic mass is 19.4. The molecule has 6 heteroatoms. The van der Waals surface area contributed by atoms with E-state index in [0.29, 0.717) is 6.54 Å². The molecule has 0 saturated heterocycles. The third-order valence-electron chi connectivity index (χ3n) is 1.82. The zero-order valence-corrected chi connectivity index (χ0v) is 7.62. The second kappa shape index (κ2) is 4.00. The Morgan fingerprint density at radius 1 is 1.57 bits per heavy atom. The van der Waals surface area contributed by atoms with E-state index in [4.69, 9.17) is 0 Å². The molecule has 14 heavy (non-hydrogen) atoms. The highest BCUT2D eigenvalue weighted by Crippen LogP contribution is 2.28. The maximum absolute atomic E-state index is 11.9. The fourth-order valence-corrected chi connectivity index (χ4v) is 1.21. The number of hydrogen-bond acceptors (Lipinski definition) is 2. The van der Waals surface area contributed by atoms with Gasteiger partial charge in [0.25, 0.3) is 0 Å². The standard InChI is InChI=1S/C8H11F3N2O/c1-2-13-6(3-4-12-13)7(14)5-8(9,10)11/h3-4,7,14H,2,5H2,1H3. The highest BCUT2D eigenvalue weighted by molar-refractivity contribution is 5.04. The molecule has 80 valence electrons. The van der Waals surface area contributed by atoms with E-state index in [1.807, 2.05) is 0 Å². The summed E-state index contributed by atoms with van der Waals surface area (Å²) in [7, 11) is 0. The summed E-state index contributed by atoms with van der Waals surface area (Å²) < 4.78 is 37.2. The lowest BCUT2D eigenvalue weighted by molar-refractivity contribution is -0.155. The number of hydrogen-bond donors (Lipinski definition) is 1. The van der Waals surface area contributed by atoms with E-state index in [0.717, 1.165) is 0 Å². The van der Waals surface area contributed by atoms with Crippen LogP contribution >= 0.6 is 0 Å². The van der Waals surface area contributed by atoms with Gasteiger partial charge in [-0.3, -0.25) is 4.68 Å². The van der Waals surface area contributed by atoms with Gasteiger partial charge in [-0.25, -0.2) is 0 Å². The third-order valence-corrected chi connectivity index (χ3v) is 1.82. The van der Waals surface area contributed by atoms with Crippen molar-refractivity contribution in [3.63, 3.8) is 0 Å². The summed E-state index contributed by atoms with van der Waals surface area (Å²) in [5, 5.41) is 13.1. The summed E-state index contributed by atoms with van der Waals surface area (Å²) in [6, 6.07) is 1.39. The molecule has 0 amide bonds. The minimum atomic E-state index is -4.36. The molecule has 0 fully saturated rings. The molecule has 0 radical (unpaired) electrons. The van der Waals surface area contributed by atoms with Crippen LogP contribution in [-0.2, 0) is 6.54 Å². The predicted octanol–water partition coefficient (Wildman–Crippen LogP) is 1.89. The van der Waals surface area contributed by atoms with Crippen molar-refractivity contribution in [3.8, 4) is 0 Å². The molecule has 0 spiro atoms. The second-order valence-electron chi connectivity index (χ2n) is 2.91. The van der Waals surface area contributed by atoms with Crippen LogP contribution in [0.1, 0.15) is 25.1 Å². The summed E-state index contributed by atoms with van der Waals surface area (Å²) in [6.07, 6.45) is -5.75. The number of alkyl halides is 3. The minimum Gasteiger partial charge on any atom is -0.386 e. The molecular formula is C8H11F3N2O. The van der Waals surface area contributed by atoms with E-state index in [9.17, 15) is 18.3 Å². The molecule has 0 aliphatic rings. The number of halogens is 3. The Morgan fingerprint density at radius 3 is 2.71 bits per heavy atom. The monoisotopic (exact) mass is 208 g/mol. The van der Waals surface area contributed by atoms with Crippen molar-refractivity contribution in [3.05, 3.63) is 18.0 Å². The number of nitrogens with zero attached hydrogens (tertiary/aromatic N) is 2. The fourth-order valence-electron chi connectivity index (χ4n) is 1.21. The van der Waals surface area contributed by atoms with Crippen LogP contribution in [0.4, 0.5) is 13.2 Å². The molecule has 1 heterocycles. The Bertz CT molecular complexity index is 295. The van der Waals surface area contributed by atoms with Gasteiger partial charge in [0.05, 0.1) is 12.1 Å². The highest BCUT2D eigenvalue weighted by Gasteiger charge is 2.32. The van der Waals surface area contributed by atoms with Gasteiger partial charge in [0.15, 0.2) is 0 Å². The number of aliphatic hydroxyl groups excluding tert-OH is 1. The van der Waals surface area contributed by atoms with Crippen LogP contribution in [0.25, 0.3) is 0 Å². The van der Waals surface area contributed by atoms with Crippen LogP contribution < -0.4 is 0 Å². The Morgan fingerprint density at radius 2 is 2.21 bits per heavy atom. The molecule has 0 saturated carbocycles. The lowest BCUT2D eigenvalue weighted by Crippen LogP contribution is -2.16. The van der Waals surface area contributed by atoms with Crippen molar-refractivity contribution in [1.29, 1.82) is 0 Å². The van der Waals surface area contributed by atoms with Crippen LogP contribution in [0.15, 0.2) is 12.3 Å². The summed E-state index contributed by atoms with van der Waals surface area (Å²) in [4.78, 5) is 0. The van der Waals surface area contributed by atoms with Crippen molar-refractivity contribution in [1.82, 2.24) is 9.78 Å². The Balaban J connectivity index is 2.74. The van der Waals surface area contributed by atoms with E-state index in [1.54, 1.807) is 6.92 Å². The molecule has 1 unspecified atom stereocenters. The normalized spacial score (nSPS) is 14.4. The molecule has 0 aromatic carbocycles. The van der Waals surface area contributed by atoms with E-state index in [2.05, 4.69) is 5.10 Å². The van der Waals surface area contributed by atoms with Gasteiger partial charge in [0.1, 0.15) is 6.10 Å². The molecule has 3 nitrogen and oxygen atoms in total. The van der Waals surface area contributed by atoms with Crippen LogP contribution in [0.2, 0.25) is 0 Å². The largest absolute Gasteiger partial charge is 0.391 e. The second-order valence-corrected chi connectivity index (χ2v) is 2.91. The number of aliphatic hydroxyl groups is 1. The number of aromatic nitrogens is 2. The number of rotatable bonds is 3.